The van der Waals surface area contributed by atoms with Crippen LogP contribution in [0.25, 0.3) is 0 Å². The van der Waals surface area contributed by atoms with E-state index in [1.54, 1.807) is 0 Å². The predicted octanol–water partition coefficient (Wildman–Crippen LogP) is 3.17. The number of allylic oxidation sites excluding steroid dienone is 1. The molecular formula is C7H10F4O. The highest BCUT2D eigenvalue weighted by Crippen LogP contribution is 2.34. The van der Waals surface area contributed by atoms with Gasteiger partial charge in [0.2, 0.25) is 5.60 Å². The quantitative estimate of drug-likeness (QED) is 0.475. The van der Waals surface area contributed by atoms with Gasteiger partial charge in [0, 0.05) is 0 Å². The summed E-state index contributed by atoms with van der Waals surface area (Å²) in [6, 6.07) is -1.22. The van der Waals surface area contributed by atoms with Gasteiger partial charge in [0.25, 0.3) is 6.01 Å². The van der Waals surface area contributed by atoms with Gasteiger partial charge in [-0.2, -0.15) is 17.6 Å². The second kappa shape index (κ2) is 3.33. The van der Waals surface area contributed by atoms with Crippen molar-refractivity contribution in [2.24, 2.45) is 0 Å². The van der Waals surface area contributed by atoms with E-state index in [0.29, 0.717) is 0 Å². The molecule has 0 saturated carbocycles. The van der Waals surface area contributed by atoms with E-state index < -0.39 is 17.8 Å². The van der Waals surface area contributed by atoms with Crippen molar-refractivity contribution < 1.29 is 22.3 Å². The molecule has 0 aliphatic heterocycles. The van der Waals surface area contributed by atoms with Crippen molar-refractivity contribution in [2.45, 2.75) is 32.5 Å². The fourth-order valence-corrected chi connectivity index (χ4v) is 0.361. The second-order valence-electron chi connectivity index (χ2n) is 2.70. The first-order valence-corrected chi connectivity index (χ1v) is 3.28. The third kappa shape index (κ3) is 2.71. The van der Waals surface area contributed by atoms with Crippen molar-refractivity contribution in [3.05, 3.63) is 12.1 Å². The number of rotatable bonds is 2. The number of alkyl halides is 3. The van der Waals surface area contributed by atoms with Gasteiger partial charge >= 0.3 is 6.18 Å². The maximum absolute atomic E-state index is 12.3. The Kier molecular flexibility index (Phi) is 3.12. The molecule has 0 aromatic rings. The first kappa shape index (κ1) is 11.3. The van der Waals surface area contributed by atoms with Crippen LogP contribution in [0, 0.1) is 0 Å². The van der Waals surface area contributed by atoms with Crippen LogP contribution in [0.5, 0.6) is 0 Å². The molecule has 0 saturated heterocycles. The van der Waals surface area contributed by atoms with Crippen molar-refractivity contribution in [3.63, 3.8) is 0 Å². The lowest BCUT2D eigenvalue weighted by Crippen LogP contribution is -2.41. The summed E-state index contributed by atoms with van der Waals surface area (Å²) in [6.45, 7) is 2.77. The Bertz CT molecular complexity index is 180. The zero-order valence-corrected chi connectivity index (χ0v) is 7.00. The topological polar surface area (TPSA) is 9.23 Å². The second-order valence-corrected chi connectivity index (χ2v) is 2.70. The van der Waals surface area contributed by atoms with E-state index in [0.717, 1.165) is 19.9 Å². The molecule has 0 aliphatic carbocycles. The first-order valence-electron chi connectivity index (χ1n) is 3.28. The molecule has 0 unspecified atom stereocenters. The van der Waals surface area contributed by atoms with Gasteiger partial charge in [-0.05, 0) is 26.8 Å². The minimum atomic E-state index is -4.58. The molecular weight excluding hydrogens is 176 g/mol. The summed E-state index contributed by atoms with van der Waals surface area (Å²) in [6.07, 6.45) is -3.75. The SMILES string of the molecule is C/C=C(/F)OC(C)(C)C(F)(F)F. The molecule has 0 fully saturated rings. The lowest BCUT2D eigenvalue weighted by Gasteiger charge is -2.27. The standard InChI is InChI=1S/C7H10F4O/c1-4-5(8)12-6(2,3)7(9,10)11/h4H,1-3H3/b5-4-. The highest BCUT2D eigenvalue weighted by Gasteiger charge is 2.50. The highest BCUT2D eigenvalue weighted by atomic mass is 19.4. The van der Waals surface area contributed by atoms with E-state index in [1.807, 2.05) is 0 Å². The van der Waals surface area contributed by atoms with E-state index in [2.05, 4.69) is 4.74 Å². The molecule has 0 atom stereocenters. The van der Waals surface area contributed by atoms with Gasteiger partial charge < -0.3 is 4.74 Å². The molecule has 0 heterocycles. The van der Waals surface area contributed by atoms with Gasteiger partial charge in [-0.25, -0.2) is 0 Å². The summed E-state index contributed by atoms with van der Waals surface area (Å²) in [5.74, 6) is 0. The molecule has 0 aromatic carbocycles. The Labute approximate surface area is 68.0 Å². The van der Waals surface area contributed by atoms with E-state index in [1.165, 1.54) is 6.92 Å². The highest BCUT2D eigenvalue weighted by molar-refractivity contribution is 4.86. The zero-order valence-electron chi connectivity index (χ0n) is 7.00. The molecule has 5 heteroatoms. The Morgan fingerprint density at radius 1 is 1.25 bits per heavy atom. The first-order chi connectivity index (χ1) is 5.20. The number of halogens is 4. The van der Waals surface area contributed by atoms with Crippen LogP contribution in [0.2, 0.25) is 0 Å². The normalized spacial score (nSPS) is 14.8. The molecule has 0 bridgehead atoms. The van der Waals surface area contributed by atoms with Gasteiger partial charge in [-0.3, -0.25) is 0 Å². The largest absolute Gasteiger partial charge is 0.455 e. The summed E-state index contributed by atoms with van der Waals surface area (Å²) < 4.78 is 52.4. The molecule has 0 spiro atoms. The summed E-state index contributed by atoms with van der Waals surface area (Å²) in [5.41, 5.74) is -2.48. The number of ether oxygens (including phenoxy) is 1. The van der Waals surface area contributed by atoms with Crippen LogP contribution in [0.15, 0.2) is 12.1 Å². The smallest absolute Gasteiger partial charge is 0.427 e. The molecule has 0 aliphatic rings. The van der Waals surface area contributed by atoms with E-state index >= 15 is 0 Å². The third-order valence-electron chi connectivity index (χ3n) is 1.26. The van der Waals surface area contributed by atoms with Gasteiger partial charge in [-0.1, -0.05) is 0 Å². The Balaban J connectivity index is 4.44. The Morgan fingerprint density at radius 2 is 1.67 bits per heavy atom. The molecule has 0 N–H and O–H groups in total. The summed E-state index contributed by atoms with van der Waals surface area (Å²) in [4.78, 5) is 0. The third-order valence-corrected chi connectivity index (χ3v) is 1.26. The van der Waals surface area contributed by atoms with Crippen LogP contribution >= 0.6 is 0 Å². The molecule has 0 amide bonds. The number of hydrogen-bond acceptors (Lipinski definition) is 1. The van der Waals surface area contributed by atoms with E-state index in [-0.39, 0.29) is 0 Å². The summed E-state index contributed by atoms with van der Waals surface area (Å²) >= 11 is 0. The summed E-state index contributed by atoms with van der Waals surface area (Å²) in [7, 11) is 0. The zero-order chi connectivity index (χ0) is 9.99. The average molecular weight is 186 g/mol. The van der Waals surface area contributed by atoms with Crippen LogP contribution in [-0.2, 0) is 4.74 Å². The Morgan fingerprint density at radius 3 is 1.92 bits per heavy atom. The monoisotopic (exact) mass is 186 g/mol. The molecule has 1 nitrogen and oxygen atoms in total. The lowest BCUT2D eigenvalue weighted by atomic mass is 10.1. The average Bonchev–Trinajstić information content (AvgIpc) is 1.84. The van der Waals surface area contributed by atoms with Crippen LogP contribution in [-0.4, -0.2) is 11.8 Å². The van der Waals surface area contributed by atoms with Gasteiger partial charge in [-0.15, -0.1) is 0 Å². The molecule has 0 radical (unpaired) electrons. The van der Waals surface area contributed by atoms with Gasteiger partial charge in [0.15, 0.2) is 0 Å². The number of hydrogen-bond donors (Lipinski definition) is 0. The van der Waals surface area contributed by atoms with E-state index in [9.17, 15) is 17.6 Å². The fraction of sp³-hybridized carbons (Fsp3) is 0.714. The lowest BCUT2D eigenvalue weighted by molar-refractivity contribution is -0.257. The van der Waals surface area contributed by atoms with E-state index in [4.69, 9.17) is 0 Å². The van der Waals surface area contributed by atoms with Crippen molar-refractivity contribution >= 4 is 0 Å². The summed E-state index contributed by atoms with van der Waals surface area (Å²) in [5, 5.41) is 0. The van der Waals surface area contributed by atoms with Crippen LogP contribution in [0.1, 0.15) is 20.8 Å². The maximum atomic E-state index is 12.3. The van der Waals surface area contributed by atoms with Crippen molar-refractivity contribution in [1.82, 2.24) is 0 Å². The van der Waals surface area contributed by atoms with Gasteiger partial charge in [0.1, 0.15) is 0 Å². The van der Waals surface area contributed by atoms with Crippen molar-refractivity contribution in [2.75, 3.05) is 0 Å². The fourth-order valence-electron chi connectivity index (χ4n) is 0.361. The minimum Gasteiger partial charge on any atom is -0.455 e. The van der Waals surface area contributed by atoms with Gasteiger partial charge in [0.05, 0.1) is 0 Å². The minimum absolute atomic E-state index is 0.760. The van der Waals surface area contributed by atoms with Crippen LogP contribution < -0.4 is 0 Å². The molecule has 12 heavy (non-hydrogen) atoms. The predicted molar refractivity (Wildman–Crippen MR) is 36.1 cm³/mol. The molecule has 0 aromatic heterocycles. The van der Waals surface area contributed by atoms with Crippen LogP contribution in [0.4, 0.5) is 17.6 Å². The Hall–Kier alpha value is -0.740. The van der Waals surface area contributed by atoms with Crippen molar-refractivity contribution in [3.8, 4) is 0 Å². The maximum Gasteiger partial charge on any atom is 0.427 e. The molecule has 72 valence electrons. The van der Waals surface area contributed by atoms with Crippen LogP contribution in [0.3, 0.4) is 0 Å². The van der Waals surface area contributed by atoms with Crippen molar-refractivity contribution in [1.29, 1.82) is 0 Å². The molecule has 0 rings (SSSR count).